The lowest BCUT2D eigenvalue weighted by Crippen LogP contribution is -2.38. The molecule has 34 heavy (non-hydrogen) atoms. The van der Waals surface area contributed by atoms with Gasteiger partial charge in [-0.15, -0.1) is 0 Å². The highest BCUT2D eigenvalue weighted by Crippen LogP contribution is 2.32. The van der Waals surface area contributed by atoms with E-state index in [9.17, 15) is 8.42 Å². The molecule has 5 heterocycles. The number of pyridine rings is 1. The smallest absolute Gasteiger partial charge is 0.256 e. The Balaban J connectivity index is 1.29. The van der Waals surface area contributed by atoms with E-state index in [-0.39, 0.29) is 11.3 Å². The van der Waals surface area contributed by atoms with Crippen LogP contribution in [0.3, 0.4) is 0 Å². The van der Waals surface area contributed by atoms with E-state index in [4.69, 9.17) is 5.10 Å². The zero-order valence-corrected chi connectivity index (χ0v) is 19.6. The molecule has 2 aliphatic rings. The summed E-state index contributed by atoms with van der Waals surface area (Å²) in [6.45, 7) is 6.00. The van der Waals surface area contributed by atoms with E-state index in [1.807, 2.05) is 16.9 Å². The highest BCUT2D eigenvalue weighted by atomic mass is 32.2. The lowest BCUT2D eigenvalue weighted by Gasteiger charge is -2.30. The van der Waals surface area contributed by atoms with E-state index in [2.05, 4.69) is 50.5 Å². The van der Waals surface area contributed by atoms with Crippen LogP contribution in [0.15, 0.2) is 36.9 Å². The van der Waals surface area contributed by atoms with Crippen molar-refractivity contribution in [2.75, 3.05) is 23.3 Å². The predicted molar refractivity (Wildman–Crippen MR) is 128 cm³/mol. The topological polar surface area (TPSA) is 124 Å². The first-order chi connectivity index (χ1) is 16.4. The van der Waals surface area contributed by atoms with Gasteiger partial charge in [0, 0.05) is 44.0 Å². The highest BCUT2D eigenvalue weighted by Gasteiger charge is 2.37. The highest BCUT2D eigenvalue weighted by molar-refractivity contribution is 7.90. The molecule has 12 heteroatoms. The third-order valence-corrected chi connectivity index (χ3v) is 8.03. The number of nitrogens with one attached hydrogen (secondary N) is 1. The zero-order valence-electron chi connectivity index (χ0n) is 18.8. The van der Waals surface area contributed by atoms with Crippen molar-refractivity contribution in [3.8, 4) is 11.4 Å². The van der Waals surface area contributed by atoms with Crippen LogP contribution in [0.5, 0.6) is 0 Å². The molecule has 11 nitrogen and oxygen atoms in total. The van der Waals surface area contributed by atoms with Crippen LogP contribution in [0, 0.1) is 6.42 Å². The molecule has 0 spiro atoms. The summed E-state index contributed by atoms with van der Waals surface area (Å²) >= 11 is 0. The van der Waals surface area contributed by atoms with Crippen molar-refractivity contribution >= 4 is 38.4 Å². The molecule has 175 valence electrons. The van der Waals surface area contributed by atoms with Gasteiger partial charge < -0.3 is 10.2 Å². The van der Waals surface area contributed by atoms with Crippen LogP contribution in [-0.2, 0) is 10.0 Å². The summed E-state index contributed by atoms with van der Waals surface area (Å²) in [6.07, 6.45) is 9.96. The van der Waals surface area contributed by atoms with Crippen molar-refractivity contribution in [3.05, 3.63) is 43.3 Å². The Hall–Kier alpha value is -3.54. The van der Waals surface area contributed by atoms with Gasteiger partial charge in [-0.2, -0.15) is 14.3 Å². The van der Waals surface area contributed by atoms with Gasteiger partial charge in [0.25, 0.3) is 10.0 Å². The predicted octanol–water partition coefficient (Wildman–Crippen LogP) is 2.77. The van der Waals surface area contributed by atoms with Crippen LogP contribution in [0.25, 0.3) is 22.3 Å². The Morgan fingerprint density at radius 2 is 1.94 bits per heavy atom. The van der Waals surface area contributed by atoms with Crippen LogP contribution >= 0.6 is 0 Å². The van der Waals surface area contributed by atoms with Crippen molar-refractivity contribution in [1.29, 1.82) is 0 Å². The number of fused-ring (bicyclic) bond motifs is 1. The minimum atomic E-state index is -3.43. The molecule has 0 amide bonds. The lowest BCUT2D eigenvalue weighted by molar-refractivity contribution is 0.547. The molecular formula is C22H24N9O2S. The number of rotatable bonds is 7. The van der Waals surface area contributed by atoms with Crippen LogP contribution in [0.4, 0.5) is 17.5 Å². The molecule has 1 N–H and O–H groups in total. The summed E-state index contributed by atoms with van der Waals surface area (Å²) in [6, 6.07) is 3.91. The van der Waals surface area contributed by atoms with Gasteiger partial charge in [0.2, 0.25) is 0 Å². The number of anilines is 3. The molecule has 1 aliphatic carbocycles. The van der Waals surface area contributed by atoms with Gasteiger partial charge in [-0.3, -0.25) is 4.68 Å². The molecule has 0 aromatic carbocycles. The van der Waals surface area contributed by atoms with Crippen molar-refractivity contribution in [1.82, 2.24) is 33.9 Å². The minimum absolute atomic E-state index is 0.200. The fourth-order valence-electron chi connectivity index (χ4n) is 3.92. The molecule has 1 radical (unpaired) electrons. The van der Waals surface area contributed by atoms with E-state index in [0.29, 0.717) is 35.9 Å². The number of hydrogen-bond acceptors (Lipinski definition) is 9. The van der Waals surface area contributed by atoms with Gasteiger partial charge in [-0.1, -0.05) is 0 Å². The van der Waals surface area contributed by atoms with E-state index in [0.717, 1.165) is 33.9 Å². The molecular weight excluding hydrogens is 454 g/mol. The number of nitrogens with zero attached hydrogens (tertiary/aromatic N) is 8. The number of aromatic nitrogens is 7. The van der Waals surface area contributed by atoms with E-state index < -0.39 is 10.0 Å². The second-order valence-corrected chi connectivity index (χ2v) is 10.9. The quantitative estimate of drug-likeness (QED) is 0.427. The van der Waals surface area contributed by atoms with Crippen LogP contribution in [0.2, 0.25) is 0 Å². The van der Waals surface area contributed by atoms with Crippen molar-refractivity contribution in [3.63, 3.8) is 0 Å². The third kappa shape index (κ3) is 3.58. The monoisotopic (exact) mass is 478 g/mol. The van der Waals surface area contributed by atoms with Crippen molar-refractivity contribution < 1.29 is 8.42 Å². The van der Waals surface area contributed by atoms with E-state index >= 15 is 0 Å². The Morgan fingerprint density at radius 1 is 1.12 bits per heavy atom. The van der Waals surface area contributed by atoms with Gasteiger partial charge in [0.05, 0.1) is 34.1 Å². The largest absolute Gasteiger partial charge is 0.354 e. The molecule has 6 rings (SSSR count). The first-order valence-electron chi connectivity index (χ1n) is 11.2. The summed E-state index contributed by atoms with van der Waals surface area (Å²) in [5.74, 6) is 2.51. The molecule has 1 saturated carbocycles. The minimum Gasteiger partial charge on any atom is -0.354 e. The maximum atomic E-state index is 12.4. The molecule has 4 aromatic heterocycles. The normalized spacial score (nSPS) is 16.3. The van der Waals surface area contributed by atoms with Crippen molar-refractivity contribution in [2.45, 2.75) is 38.0 Å². The van der Waals surface area contributed by atoms with Crippen LogP contribution in [0.1, 0.15) is 32.7 Å². The van der Waals surface area contributed by atoms with E-state index in [1.165, 1.54) is 12.4 Å². The Bertz CT molecular complexity index is 1480. The third-order valence-electron chi connectivity index (χ3n) is 6.00. The Labute approximate surface area is 196 Å². The molecule has 1 aliphatic heterocycles. The zero-order chi connectivity index (χ0) is 23.4. The SMILES string of the molecule is CC(C)n1nc(N2C[CH]C2)c2cnc(Nc3ccnc(-c4cnn(S(=O)(=O)C5CC5)c4)n3)cc21. The van der Waals surface area contributed by atoms with Gasteiger partial charge in [0.15, 0.2) is 11.6 Å². The van der Waals surface area contributed by atoms with Crippen molar-refractivity contribution in [2.24, 2.45) is 0 Å². The van der Waals surface area contributed by atoms with Gasteiger partial charge in [-0.05, 0) is 32.8 Å². The summed E-state index contributed by atoms with van der Waals surface area (Å²) in [5.41, 5.74) is 1.53. The van der Waals surface area contributed by atoms with Gasteiger partial charge in [0.1, 0.15) is 11.6 Å². The van der Waals surface area contributed by atoms with Crippen LogP contribution in [-0.4, -0.2) is 60.7 Å². The first-order valence-corrected chi connectivity index (χ1v) is 12.7. The average molecular weight is 479 g/mol. The maximum absolute atomic E-state index is 12.4. The number of hydrogen-bond donors (Lipinski definition) is 1. The van der Waals surface area contributed by atoms with Gasteiger partial charge in [-0.25, -0.2) is 23.4 Å². The molecule has 4 aromatic rings. The average Bonchev–Trinajstić information content (AvgIpc) is 3.41. The van der Waals surface area contributed by atoms with Crippen LogP contribution < -0.4 is 10.2 Å². The van der Waals surface area contributed by atoms with E-state index in [1.54, 1.807) is 12.3 Å². The molecule has 0 atom stereocenters. The summed E-state index contributed by atoms with van der Waals surface area (Å²) < 4.78 is 27.9. The summed E-state index contributed by atoms with van der Waals surface area (Å²) in [4.78, 5) is 15.6. The second kappa shape index (κ2) is 7.76. The molecule has 0 unspecified atom stereocenters. The summed E-state index contributed by atoms with van der Waals surface area (Å²) in [7, 11) is -3.43. The first kappa shape index (κ1) is 21.0. The molecule has 2 fully saturated rings. The Kier molecular flexibility index (Phi) is 4.80. The lowest BCUT2D eigenvalue weighted by atomic mass is 10.2. The standard InChI is InChI=1S/C22H24N9O2S/c1-14(2)31-18-10-20(24-12-17(18)22(28-31)29-8-3-9-29)26-19-6-7-23-21(27-19)15-11-25-30(13-15)34(32,33)16-4-5-16/h3,6-7,10-14,16H,4-5,8-9H2,1-2H3,(H,23,24,26,27). The summed E-state index contributed by atoms with van der Waals surface area (Å²) in [5, 5.41) is 12.8. The second-order valence-electron chi connectivity index (χ2n) is 8.88. The Morgan fingerprint density at radius 3 is 2.65 bits per heavy atom. The molecule has 0 bridgehead atoms. The van der Waals surface area contributed by atoms with Gasteiger partial charge >= 0.3 is 0 Å². The maximum Gasteiger partial charge on any atom is 0.256 e. The fraction of sp³-hybridized carbons (Fsp3) is 0.364. The molecule has 1 saturated heterocycles. The fourth-order valence-corrected chi connectivity index (χ4v) is 5.40.